The van der Waals surface area contributed by atoms with Crippen LogP contribution in [0.3, 0.4) is 0 Å². The topological polar surface area (TPSA) is 26.3 Å². The standard InChI is InChI=1S/C11H11Br2ClO2/c1-2-16-11(15)10(13)9(12)7-5-3-4-6-8(7)14/h3-6,9-10H,2H2,1H3/t9-,10+/m1/s1. The van der Waals surface area contributed by atoms with Crippen LogP contribution in [0.5, 0.6) is 0 Å². The highest BCUT2D eigenvalue weighted by Crippen LogP contribution is 2.35. The number of ether oxygens (including phenoxy) is 1. The number of hydrogen-bond donors (Lipinski definition) is 0. The van der Waals surface area contributed by atoms with E-state index >= 15 is 0 Å². The average Bonchev–Trinajstić information content (AvgIpc) is 2.28. The van der Waals surface area contributed by atoms with E-state index in [1.807, 2.05) is 18.2 Å². The summed E-state index contributed by atoms with van der Waals surface area (Å²) in [7, 11) is 0. The number of rotatable bonds is 4. The minimum atomic E-state index is -0.452. The fourth-order valence-electron chi connectivity index (χ4n) is 1.20. The molecule has 0 aliphatic carbocycles. The molecule has 0 heterocycles. The highest BCUT2D eigenvalue weighted by molar-refractivity contribution is 9.12. The summed E-state index contributed by atoms with van der Waals surface area (Å²) < 4.78 is 4.93. The van der Waals surface area contributed by atoms with Crippen molar-refractivity contribution in [2.24, 2.45) is 0 Å². The molecule has 88 valence electrons. The minimum absolute atomic E-state index is 0.208. The van der Waals surface area contributed by atoms with Crippen LogP contribution in [-0.2, 0) is 9.53 Å². The lowest BCUT2D eigenvalue weighted by Crippen LogP contribution is -2.21. The van der Waals surface area contributed by atoms with E-state index in [1.54, 1.807) is 13.0 Å². The van der Waals surface area contributed by atoms with E-state index < -0.39 is 4.83 Å². The van der Waals surface area contributed by atoms with Crippen LogP contribution in [-0.4, -0.2) is 17.4 Å². The zero-order chi connectivity index (χ0) is 12.1. The van der Waals surface area contributed by atoms with Crippen LogP contribution in [0.15, 0.2) is 24.3 Å². The van der Waals surface area contributed by atoms with Gasteiger partial charge in [-0.1, -0.05) is 61.7 Å². The van der Waals surface area contributed by atoms with Gasteiger partial charge in [0.05, 0.1) is 11.4 Å². The minimum Gasteiger partial charge on any atom is -0.465 e. The molecule has 0 radical (unpaired) electrons. The molecule has 2 nitrogen and oxygen atoms in total. The predicted octanol–water partition coefficient (Wildman–Crippen LogP) is 4.10. The normalized spacial score (nSPS) is 14.2. The monoisotopic (exact) mass is 368 g/mol. The highest BCUT2D eigenvalue weighted by Gasteiger charge is 2.27. The Labute approximate surface area is 117 Å². The Bertz CT molecular complexity index is 371. The summed E-state index contributed by atoms with van der Waals surface area (Å²) in [4.78, 5) is 10.9. The quantitative estimate of drug-likeness (QED) is 0.589. The third kappa shape index (κ3) is 3.47. The molecule has 1 rings (SSSR count). The number of carbonyl (C=O) groups is 1. The number of benzene rings is 1. The number of halogens is 3. The van der Waals surface area contributed by atoms with Gasteiger partial charge >= 0.3 is 5.97 Å². The summed E-state index contributed by atoms with van der Waals surface area (Å²) in [5.41, 5.74) is 0.860. The molecule has 0 aliphatic rings. The molecular weight excluding hydrogens is 359 g/mol. The Kier molecular flexibility index (Phi) is 5.79. The number of hydrogen-bond acceptors (Lipinski definition) is 2. The van der Waals surface area contributed by atoms with Gasteiger partial charge in [0.1, 0.15) is 4.83 Å². The summed E-state index contributed by atoms with van der Waals surface area (Å²) in [5, 5.41) is 0.623. The van der Waals surface area contributed by atoms with Crippen molar-refractivity contribution >= 4 is 49.4 Å². The van der Waals surface area contributed by atoms with Crippen LogP contribution >= 0.6 is 43.5 Å². The van der Waals surface area contributed by atoms with Crippen LogP contribution < -0.4 is 0 Å². The first-order valence-corrected chi connectivity index (χ1v) is 6.98. The first-order chi connectivity index (χ1) is 7.57. The van der Waals surface area contributed by atoms with Gasteiger partial charge in [-0.3, -0.25) is 4.79 Å². The van der Waals surface area contributed by atoms with Crippen molar-refractivity contribution in [3.05, 3.63) is 34.9 Å². The maximum Gasteiger partial charge on any atom is 0.321 e. The van der Waals surface area contributed by atoms with Crippen LogP contribution in [0.1, 0.15) is 17.3 Å². The van der Waals surface area contributed by atoms with E-state index in [1.165, 1.54) is 0 Å². The van der Waals surface area contributed by atoms with Gasteiger partial charge < -0.3 is 4.74 Å². The molecule has 1 aromatic carbocycles. The van der Waals surface area contributed by atoms with Crippen LogP contribution in [0.25, 0.3) is 0 Å². The Hall–Kier alpha value is -0.0600. The van der Waals surface area contributed by atoms with Gasteiger partial charge in [0.2, 0.25) is 0 Å². The maximum atomic E-state index is 11.5. The first-order valence-electron chi connectivity index (χ1n) is 4.77. The summed E-state index contributed by atoms with van der Waals surface area (Å²) >= 11 is 12.8. The number of carbonyl (C=O) groups excluding carboxylic acids is 1. The van der Waals surface area contributed by atoms with E-state index in [-0.39, 0.29) is 10.8 Å². The molecule has 0 spiro atoms. The molecular formula is C11H11Br2ClO2. The third-order valence-electron chi connectivity index (χ3n) is 1.97. The van der Waals surface area contributed by atoms with Gasteiger partial charge in [-0.05, 0) is 18.6 Å². The first kappa shape index (κ1) is 14.0. The summed E-state index contributed by atoms with van der Waals surface area (Å²) in [5.74, 6) is -0.302. The maximum absolute atomic E-state index is 11.5. The van der Waals surface area contributed by atoms with Crippen LogP contribution in [0.4, 0.5) is 0 Å². The van der Waals surface area contributed by atoms with Crippen LogP contribution in [0, 0.1) is 0 Å². The van der Waals surface area contributed by atoms with Gasteiger partial charge in [0.25, 0.3) is 0 Å². The molecule has 0 N–H and O–H groups in total. The van der Waals surface area contributed by atoms with Crippen molar-refractivity contribution in [3.8, 4) is 0 Å². The summed E-state index contributed by atoms with van der Waals surface area (Å²) in [6.45, 7) is 2.14. The second kappa shape index (κ2) is 6.62. The van der Waals surface area contributed by atoms with E-state index in [9.17, 15) is 4.79 Å². The molecule has 0 saturated carbocycles. The molecule has 0 unspecified atom stereocenters. The van der Waals surface area contributed by atoms with Crippen molar-refractivity contribution in [1.29, 1.82) is 0 Å². The van der Waals surface area contributed by atoms with Gasteiger partial charge in [-0.2, -0.15) is 0 Å². The molecule has 0 amide bonds. The molecule has 16 heavy (non-hydrogen) atoms. The zero-order valence-corrected chi connectivity index (χ0v) is 12.5. The lowest BCUT2D eigenvalue weighted by atomic mass is 10.1. The molecule has 5 heteroatoms. The smallest absolute Gasteiger partial charge is 0.321 e. The van der Waals surface area contributed by atoms with Crippen molar-refractivity contribution in [3.63, 3.8) is 0 Å². The number of alkyl halides is 2. The Morgan fingerprint density at radius 2 is 2.06 bits per heavy atom. The van der Waals surface area contributed by atoms with E-state index in [0.717, 1.165) is 5.56 Å². The van der Waals surface area contributed by atoms with Gasteiger partial charge in [0, 0.05) is 5.02 Å². The van der Waals surface area contributed by atoms with Gasteiger partial charge in [0.15, 0.2) is 0 Å². The second-order valence-electron chi connectivity index (χ2n) is 3.08. The van der Waals surface area contributed by atoms with Crippen molar-refractivity contribution < 1.29 is 9.53 Å². The SMILES string of the molecule is CCOC(=O)[C@@H](Br)[C@H](Br)c1ccccc1Cl. The van der Waals surface area contributed by atoms with Crippen LogP contribution in [0.2, 0.25) is 5.02 Å². The highest BCUT2D eigenvalue weighted by atomic mass is 79.9. The Morgan fingerprint density at radius 1 is 1.44 bits per heavy atom. The van der Waals surface area contributed by atoms with Gasteiger partial charge in [-0.15, -0.1) is 0 Å². The molecule has 2 atom stereocenters. The lowest BCUT2D eigenvalue weighted by molar-refractivity contribution is -0.142. The average molecular weight is 370 g/mol. The third-order valence-corrected chi connectivity index (χ3v) is 4.95. The summed E-state index contributed by atoms with van der Waals surface area (Å²) in [6, 6.07) is 7.38. The van der Waals surface area contributed by atoms with E-state index in [4.69, 9.17) is 16.3 Å². The molecule has 0 aromatic heterocycles. The second-order valence-corrected chi connectivity index (χ2v) is 5.46. The summed E-state index contributed by atoms with van der Waals surface area (Å²) in [6.07, 6.45) is 0. The molecule has 1 aromatic rings. The lowest BCUT2D eigenvalue weighted by Gasteiger charge is -2.16. The largest absolute Gasteiger partial charge is 0.465 e. The van der Waals surface area contributed by atoms with Crippen molar-refractivity contribution in [2.75, 3.05) is 6.61 Å². The predicted molar refractivity (Wildman–Crippen MR) is 72.5 cm³/mol. The Balaban J connectivity index is 2.82. The van der Waals surface area contributed by atoms with E-state index in [0.29, 0.717) is 11.6 Å². The molecule has 0 saturated heterocycles. The molecule has 0 fully saturated rings. The fraction of sp³-hybridized carbons (Fsp3) is 0.364. The fourth-order valence-corrected chi connectivity index (χ4v) is 2.61. The van der Waals surface area contributed by atoms with Crippen molar-refractivity contribution in [2.45, 2.75) is 16.6 Å². The number of esters is 1. The zero-order valence-electron chi connectivity index (χ0n) is 8.62. The van der Waals surface area contributed by atoms with E-state index in [2.05, 4.69) is 31.9 Å². The molecule has 0 bridgehead atoms. The Morgan fingerprint density at radius 3 is 2.62 bits per heavy atom. The molecule has 0 aliphatic heterocycles. The van der Waals surface area contributed by atoms with Crippen molar-refractivity contribution in [1.82, 2.24) is 0 Å². The van der Waals surface area contributed by atoms with Gasteiger partial charge in [-0.25, -0.2) is 0 Å².